The fraction of sp³-hybridized carbons (Fsp3) is 0.538. The Morgan fingerprint density at radius 1 is 1.62 bits per heavy atom. The van der Waals surface area contributed by atoms with Crippen molar-refractivity contribution in [3.8, 4) is 5.75 Å². The fourth-order valence-electron chi connectivity index (χ4n) is 2.01. The predicted molar refractivity (Wildman–Crippen MR) is 76.3 cm³/mol. The Kier molecular flexibility index (Phi) is 4.71. The monoisotopic (exact) mass is 297 g/mol. The van der Waals surface area contributed by atoms with E-state index in [2.05, 4.69) is 15.3 Å². The van der Waals surface area contributed by atoms with Crippen LogP contribution >= 0.6 is 0 Å². The molecular formula is C13H20FN5O2. The average Bonchev–Trinajstić information content (AvgIpc) is 2.74. The largest absolute Gasteiger partial charge is 0.486 e. The first kappa shape index (κ1) is 15.6. The first-order valence-electron chi connectivity index (χ1n) is 6.60. The maximum absolute atomic E-state index is 12.4. The summed E-state index contributed by atoms with van der Waals surface area (Å²) in [6.07, 6.45) is 2.56. The molecule has 4 N–H and O–H groups in total. The summed E-state index contributed by atoms with van der Waals surface area (Å²) in [6, 6.07) is 0. The summed E-state index contributed by atoms with van der Waals surface area (Å²) in [7, 11) is 0. The molecule has 0 aromatic carbocycles. The number of nitrogens with two attached hydrogens (primary N) is 1. The third-order valence-electron chi connectivity index (χ3n) is 3.09. The van der Waals surface area contributed by atoms with Gasteiger partial charge in [0.15, 0.2) is 12.1 Å². The van der Waals surface area contributed by atoms with Gasteiger partial charge in [-0.05, 0) is 13.8 Å². The van der Waals surface area contributed by atoms with Gasteiger partial charge in [0.05, 0.1) is 18.7 Å². The molecule has 1 atom stereocenters. The van der Waals surface area contributed by atoms with Gasteiger partial charge in [-0.3, -0.25) is 5.32 Å². The van der Waals surface area contributed by atoms with Crippen LogP contribution in [0.15, 0.2) is 24.3 Å². The quantitative estimate of drug-likeness (QED) is 0.711. The fourth-order valence-corrected chi connectivity index (χ4v) is 2.01. The molecule has 116 valence electrons. The van der Waals surface area contributed by atoms with Gasteiger partial charge in [-0.1, -0.05) is 0 Å². The highest BCUT2D eigenvalue weighted by Crippen LogP contribution is 2.22. The molecule has 1 aliphatic rings. The van der Waals surface area contributed by atoms with Crippen molar-refractivity contribution in [3.63, 3.8) is 0 Å². The summed E-state index contributed by atoms with van der Waals surface area (Å²) in [5, 5.41) is 12.9. The molecule has 1 aromatic heterocycles. The molecule has 0 amide bonds. The number of nitrogens with one attached hydrogen (secondary N) is 1. The van der Waals surface area contributed by atoms with Crippen LogP contribution < -0.4 is 20.7 Å². The molecule has 21 heavy (non-hydrogen) atoms. The lowest BCUT2D eigenvalue weighted by Gasteiger charge is -2.19. The molecule has 1 fully saturated rings. The lowest BCUT2D eigenvalue weighted by Crippen LogP contribution is -2.39. The molecule has 7 nitrogen and oxygen atoms in total. The van der Waals surface area contributed by atoms with Gasteiger partial charge in [-0.2, -0.15) is 0 Å². The zero-order chi connectivity index (χ0) is 15.5. The molecule has 2 heterocycles. The lowest BCUT2D eigenvalue weighted by molar-refractivity contribution is 0.146. The van der Waals surface area contributed by atoms with Crippen molar-refractivity contribution in [1.29, 1.82) is 0 Å². The third kappa shape index (κ3) is 3.87. The Hall–Kier alpha value is -1.77. The number of aliphatic hydroxyl groups excluding tert-OH is 1. The number of aliphatic hydroxyl groups is 1. The molecule has 0 aliphatic carbocycles. The van der Waals surface area contributed by atoms with Crippen molar-refractivity contribution in [3.05, 3.63) is 24.3 Å². The maximum atomic E-state index is 12.4. The van der Waals surface area contributed by atoms with Crippen LogP contribution in [-0.4, -0.2) is 46.7 Å². The number of hydrogen-bond acceptors (Lipinski definition) is 7. The van der Waals surface area contributed by atoms with E-state index in [1.807, 2.05) is 13.8 Å². The van der Waals surface area contributed by atoms with Gasteiger partial charge in [0.2, 0.25) is 5.95 Å². The molecule has 0 radical (unpaired) electrons. The van der Waals surface area contributed by atoms with Crippen molar-refractivity contribution in [2.24, 2.45) is 5.73 Å². The normalized spacial score (nSPS) is 21.7. The second-order valence-electron chi connectivity index (χ2n) is 5.51. The van der Waals surface area contributed by atoms with E-state index >= 15 is 0 Å². The molecule has 2 rings (SSSR count). The predicted octanol–water partition coefficient (Wildman–Crippen LogP) is 0.132. The Balaban J connectivity index is 1.99. The first-order chi connectivity index (χ1) is 9.95. The minimum absolute atomic E-state index is 0.0522. The first-order valence-corrected chi connectivity index (χ1v) is 6.60. The van der Waals surface area contributed by atoms with Crippen molar-refractivity contribution >= 4 is 5.95 Å². The number of halogens is 1. The second kappa shape index (κ2) is 6.33. The van der Waals surface area contributed by atoms with Gasteiger partial charge < -0.3 is 20.5 Å². The SMILES string of the molecule is CC1(C)CN(c2ncc(OC/C(=C/F)CN)cn2)C(O)N1. The van der Waals surface area contributed by atoms with Crippen LogP contribution in [0.3, 0.4) is 0 Å². The van der Waals surface area contributed by atoms with E-state index in [-0.39, 0.29) is 18.7 Å². The lowest BCUT2D eigenvalue weighted by atomic mass is 10.1. The smallest absolute Gasteiger partial charge is 0.228 e. The van der Waals surface area contributed by atoms with Crippen LogP contribution in [0.5, 0.6) is 5.75 Å². The standard InChI is InChI=1S/C13H20FN5O2/c1-13(2)8-19(12(20)18-13)11-16-5-10(6-17-11)21-7-9(3-14)4-15/h3,5-6,12,18,20H,4,7-8,15H2,1-2H3/b9-3+. The van der Waals surface area contributed by atoms with Crippen molar-refractivity contribution < 1.29 is 14.2 Å². The maximum Gasteiger partial charge on any atom is 0.228 e. The van der Waals surface area contributed by atoms with Crippen LogP contribution in [0, 0.1) is 0 Å². The van der Waals surface area contributed by atoms with E-state index in [0.29, 0.717) is 30.1 Å². The van der Waals surface area contributed by atoms with Crippen LogP contribution in [0.1, 0.15) is 13.8 Å². The molecule has 1 aliphatic heterocycles. The van der Waals surface area contributed by atoms with Gasteiger partial charge in [0.1, 0.15) is 6.61 Å². The number of anilines is 1. The van der Waals surface area contributed by atoms with Gasteiger partial charge in [0.25, 0.3) is 0 Å². The molecule has 1 saturated heterocycles. The summed E-state index contributed by atoms with van der Waals surface area (Å²) in [4.78, 5) is 9.95. The Morgan fingerprint density at radius 3 is 2.76 bits per heavy atom. The number of hydrogen-bond donors (Lipinski definition) is 3. The van der Waals surface area contributed by atoms with E-state index in [0.717, 1.165) is 0 Å². The number of nitrogens with zero attached hydrogens (tertiary/aromatic N) is 3. The van der Waals surface area contributed by atoms with Gasteiger partial charge in [-0.15, -0.1) is 0 Å². The molecule has 0 spiro atoms. The van der Waals surface area contributed by atoms with Crippen LogP contribution in [0.25, 0.3) is 0 Å². The minimum Gasteiger partial charge on any atom is -0.486 e. The molecule has 0 saturated carbocycles. The highest BCUT2D eigenvalue weighted by molar-refractivity contribution is 5.35. The topological polar surface area (TPSA) is 96.5 Å². The van der Waals surface area contributed by atoms with E-state index < -0.39 is 6.35 Å². The molecule has 1 unspecified atom stereocenters. The summed E-state index contributed by atoms with van der Waals surface area (Å²) in [5.74, 6) is 0.806. The second-order valence-corrected chi connectivity index (χ2v) is 5.51. The average molecular weight is 297 g/mol. The zero-order valence-electron chi connectivity index (χ0n) is 12.1. The molecule has 1 aromatic rings. The highest BCUT2D eigenvalue weighted by atomic mass is 19.1. The minimum atomic E-state index is -0.829. The van der Waals surface area contributed by atoms with Crippen LogP contribution in [0.2, 0.25) is 0 Å². The van der Waals surface area contributed by atoms with Gasteiger partial charge in [-0.25, -0.2) is 14.4 Å². The Bertz CT molecular complexity index is 506. The van der Waals surface area contributed by atoms with Crippen LogP contribution in [0.4, 0.5) is 10.3 Å². The molecule has 8 heteroatoms. The van der Waals surface area contributed by atoms with Crippen molar-refractivity contribution in [1.82, 2.24) is 15.3 Å². The Morgan fingerprint density at radius 2 is 2.29 bits per heavy atom. The summed E-state index contributed by atoms with van der Waals surface area (Å²) in [5.41, 5.74) is 5.46. The summed E-state index contributed by atoms with van der Waals surface area (Å²) < 4.78 is 17.7. The third-order valence-corrected chi connectivity index (χ3v) is 3.09. The summed E-state index contributed by atoms with van der Waals surface area (Å²) >= 11 is 0. The van der Waals surface area contributed by atoms with Crippen LogP contribution in [-0.2, 0) is 0 Å². The van der Waals surface area contributed by atoms with E-state index in [4.69, 9.17) is 10.5 Å². The van der Waals surface area contributed by atoms with E-state index in [9.17, 15) is 9.50 Å². The van der Waals surface area contributed by atoms with Gasteiger partial charge >= 0.3 is 0 Å². The zero-order valence-corrected chi connectivity index (χ0v) is 12.1. The Labute approximate surface area is 122 Å². The number of ether oxygens (including phenoxy) is 1. The van der Waals surface area contributed by atoms with Gasteiger partial charge in [0, 0.05) is 24.2 Å². The number of rotatable bonds is 5. The number of aromatic nitrogens is 2. The molecular weight excluding hydrogens is 277 g/mol. The van der Waals surface area contributed by atoms with E-state index in [1.165, 1.54) is 12.4 Å². The highest BCUT2D eigenvalue weighted by Gasteiger charge is 2.36. The van der Waals surface area contributed by atoms with Crippen molar-refractivity contribution in [2.45, 2.75) is 25.7 Å². The van der Waals surface area contributed by atoms with E-state index in [1.54, 1.807) is 4.90 Å². The summed E-state index contributed by atoms with van der Waals surface area (Å²) in [6.45, 7) is 4.68. The van der Waals surface area contributed by atoms with Crippen molar-refractivity contribution in [2.75, 3.05) is 24.6 Å². The molecule has 0 bridgehead atoms.